The molecule has 5 nitrogen and oxygen atoms in total. The lowest BCUT2D eigenvalue weighted by atomic mass is 9.91. The molecule has 1 heterocycles. The Kier molecular flexibility index (Phi) is 4.49. The van der Waals surface area contributed by atoms with E-state index in [2.05, 4.69) is 32.0 Å². The summed E-state index contributed by atoms with van der Waals surface area (Å²) in [7, 11) is -3.40. The first-order valence-electron chi connectivity index (χ1n) is 9.64. The summed E-state index contributed by atoms with van der Waals surface area (Å²) in [5.74, 6) is 0.114. The minimum atomic E-state index is -3.40. The third kappa shape index (κ3) is 3.30. The molecule has 0 radical (unpaired) electrons. The van der Waals surface area contributed by atoms with E-state index in [0.29, 0.717) is 18.8 Å². The highest BCUT2D eigenvalue weighted by molar-refractivity contribution is 7.92. The van der Waals surface area contributed by atoms with Gasteiger partial charge >= 0.3 is 0 Å². The van der Waals surface area contributed by atoms with Crippen molar-refractivity contribution in [3.05, 3.63) is 64.7 Å². The Balaban J connectivity index is 1.68. The molecule has 0 spiro atoms. The molecule has 0 bridgehead atoms. The van der Waals surface area contributed by atoms with Gasteiger partial charge in [-0.15, -0.1) is 0 Å². The number of nitrogens with zero attached hydrogens (tertiary/aromatic N) is 2. The van der Waals surface area contributed by atoms with Crippen molar-refractivity contribution in [2.45, 2.75) is 38.6 Å². The summed E-state index contributed by atoms with van der Waals surface area (Å²) in [5.41, 5.74) is 4.52. The number of hydrogen-bond donors (Lipinski definition) is 0. The van der Waals surface area contributed by atoms with Crippen molar-refractivity contribution >= 4 is 21.6 Å². The fourth-order valence-electron chi connectivity index (χ4n) is 4.33. The summed E-state index contributed by atoms with van der Waals surface area (Å²) in [5, 5.41) is 0. The van der Waals surface area contributed by atoms with Gasteiger partial charge in [-0.1, -0.05) is 47.5 Å². The van der Waals surface area contributed by atoms with Crippen LogP contribution in [0.15, 0.2) is 42.5 Å². The summed E-state index contributed by atoms with van der Waals surface area (Å²) in [4.78, 5) is 15.4. The number of hydrogen-bond acceptors (Lipinski definition) is 3. The third-order valence-electron chi connectivity index (χ3n) is 5.82. The third-order valence-corrected chi connectivity index (χ3v) is 7.00. The average Bonchev–Trinajstić information content (AvgIpc) is 3.43. The number of anilines is 1. The number of sulfonamides is 1. The maximum Gasteiger partial charge on any atom is 0.233 e. The molecule has 1 fully saturated rings. The smallest absolute Gasteiger partial charge is 0.233 e. The van der Waals surface area contributed by atoms with Gasteiger partial charge in [0.15, 0.2) is 0 Å². The minimum absolute atomic E-state index is 0.114. The molecule has 1 saturated carbocycles. The SMILES string of the molecule is Cc1cc(C)cc(C2(C(=O)N3CCN(S(C)(=O)=O)c4ccccc4C3)CC2)c1. The lowest BCUT2D eigenvalue weighted by Crippen LogP contribution is -2.42. The first kappa shape index (κ1) is 19.0. The van der Waals surface area contributed by atoms with Gasteiger partial charge in [0.25, 0.3) is 0 Å². The minimum Gasteiger partial charge on any atom is -0.336 e. The fourth-order valence-corrected chi connectivity index (χ4v) is 5.28. The van der Waals surface area contributed by atoms with Crippen molar-refractivity contribution in [1.29, 1.82) is 0 Å². The van der Waals surface area contributed by atoms with Gasteiger partial charge in [0.1, 0.15) is 0 Å². The largest absolute Gasteiger partial charge is 0.336 e. The van der Waals surface area contributed by atoms with Crippen LogP contribution in [0.1, 0.15) is 35.1 Å². The van der Waals surface area contributed by atoms with Crippen LogP contribution < -0.4 is 4.31 Å². The van der Waals surface area contributed by atoms with Crippen LogP contribution in [0.5, 0.6) is 0 Å². The van der Waals surface area contributed by atoms with Crippen LogP contribution in [0.4, 0.5) is 5.69 Å². The van der Waals surface area contributed by atoms with E-state index in [9.17, 15) is 13.2 Å². The predicted molar refractivity (Wildman–Crippen MR) is 111 cm³/mol. The second-order valence-corrected chi connectivity index (χ2v) is 10.1. The Hall–Kier alpha value is -2.34. The highest BCUT2D eigenvalue weighted by atomic mass is 32.2. The van der Waals surface area contributed by atoms with Crippen molar-refractivity contribution in [1.82, 2.24) is 4.90 Å². The van der Waals surface area contributed by atoms with Gasteiger partial charge in [0.05, 0.1) is 23.9 Å². The van der Waals surface area contributed by atoms with Gasteiger partial charge < -0.3 is 4.90 Å². The van der Waals surface area contributed by atoms with Gasteiger partial charge in [0.2, 0.25) is 15.9 Å². The number of para-hydroxylation sites is 1. The molecule has 1 amide bonds. The number of carbonyl (C=O) groups excluding carboxylic acids is 1. The number of aryl methyl sites for hydroxylation is 2. The van der Waals surface area contributed by atoms with Crippen molar-refractivity contribution in [3.63, 3.8) is 0 Å². The molecule has 0 atom stereocenters. The molecule has 2 aromatic carbocycles. The zero-order chi connectivity index (χ0) is 20.1. The molecule has 2 aromatic rings. The molecular weight excluding hydrogens is 372 g/mol. The highest BCUT2D eigenvalue weighted by Crippen LogP contribution is 2.50. The van der Waals surface area contributed by atoms with E-state index in [-0.39, 0.29) is 12.5 Å². The van der Waals surface area contributed by atoms with Gasteiger partial charge in [0, 0.05) is 13.1 Å². The standard InChI is InChI=1S/C22H26N2O3S/c1-16-12-17(2)14-19(13-16)22(8-9-22)21(25)23-10-11-24(28(3,26)27)20-7-5-4-6-18(20)15-23/h4-7,12-14H,8-11,15H2,1-3H3. The fraction of sp³-hybridized carbons (Fsp3) is 0.409. The Morgan fingerprint density at radius 3 is 2.25 bits per heavy atom. The predicted octanol–water partition coefficient (Wildman–Crippen LogP) is 3.14. The topological polar surface area (TPSA) is 57.7 Å². The number of rotatable bonds is 3. The monoisotopic (exact) mass is 398 g/mol. The molecule has 148 valence electrons. The van der Waals surface area contributed by atoms with Crippen LogP contribution in [0.3, 0.4) is 0 Å². The van der Waals surface area contributed by atoms with Crippen LogP contribution in [0.25, 0.3) is 0 Å². The van der Waals surface area contributed by atoms with E-state index >= 15 is 0 Å². The number of carbonyl (C=O) groups is 1. The zero-order valence-electron chi connectivity index (χ0n) is 16.6. The maximum absolute atomic E-state index is 13.6. The average molecular weight is 399 g/mol. The van der Waals surface area contributed by atoms with E-state index in [4.69, 9.17) is 0 Å². The van der Waals surface area contributed by atoms with E-state index < -0.39 is 15.4 Å². The Morgan fingerprint density at radius 2 is 1.64 bits per heavy atom. The Morgan fingerprint density at radius 1 is 1.00 bits per heavy atom. The zero-order valence-corrected chi connectivity index (χ0v) is 17.4. The first-order chi connectivity index (χ1) is 13.2. The molecule has 4 rings (SSSR count). The Labute approximate surface area is 167 Å². The van der Waals surface area contributed by atoms with Crippen molar-refractivity contribution in [2.24, 2.45) is 0 Å². The van der Waals surface area contributed by atoms with Crippen LogP contribution in [0, 0.1) is 13.8 Å². The summed E-state index contributed by atoms with van der Waals surface area (Å²) in [6.45, 7) is 5.23. The molecule has 0 aromatic heterocycles. The van der Waals surface area contributed by atoms with Gasteiger partial charge in [-0.2, -0.15) is 0 Å². The van der Waals surface area contributed by atoms with Gasteiger partial charge in [-0.25, -0.2) is 8.42 Å². The van der Waals surface area contributed by atoms with Crippen LogP contribution >= 0.6 is 0 Å². The molecule has 1 aliphatic heterocycles. The molecule has 1 aliphatic carbocycles. The van der Waals surface area contributed by atoms with Crippen LogP contribution in [-0.2, 0) is 26.8 Å². The van der Waals surface area contributed by atoms with E-state index in [1.54, 1.807) is 0 Å². The van der Waals surface area contributed by atoms with E-state index in [1.165, 1.54) is 21.7 Å². The van der Waals surface area contributed by atoms with Gasteiger partial charge in [-0.05, 0) is 43.9 Å². The number of amides is 1. The molecule has 0 saturated heterocycles. The summed E-state index contributed by atoms with van der Waals surface area (Å²) < 4.78 is 26.0. The van der Waals surface area contributed by atoms with E-state index in [0.717, 1.165) is 24.0 Å². The molecule has 0 N–H and O–H groups in total. The quantitative estimate of drug-likeness (QED) is 0.798. The number of benzene rings is 2. The normalized spacial score (nSPS) is 18.4. The van der Waals surface area contributed by atoms with Gasteiger partial charge in [-0.3, -0.25) is 9.10 Å². The van der Waals surface area contributed by atoms with Crippen LogP contribution in [0.2, 0.25) is 0 Å². The summed E-state index contributed by atoms with van der Waals surface area (Å²) in [6, 6.07) is 13.8. The summed E-state index contributed by atoms with van der Waals surface area (Å²) >= 11 is 0. The molecule has 2 aliphatic rings. The Bertz CT molecular complexity index is 1020. The number of fused-ring (bicyclic) bond motifs is 1. The first-order valence-corrected chi connectivity index (χ1v) is 11.5. The maximum atomic E-state index is 13.6. The van der Waals surface area contributed by atoms with Crippen molar-refractivity contribution < 1.29 is 13.2 Å². The lowest BCUT2D eigenvalue weighted by Gasteiger charge is -2.27. The van der Waals surface area contributed by atoms with Crippen molar-refractivity contribution in [2.75, 3.05) is 23.7 Å². The second kappa shape index (κ2) is 6.62. The molecule has 0 unspecified atom stereocenters. The van der Waals surface area contributed by atoms with E-state index in [1.807, 2.05) is 29.2 Å². The molecule has 6 heteroatoms. The molecular formula is C22H26N2O3S. The van der Waals surface area contributed by atoms with Crippen LogP contribution in [-0.4, -0.2) is 38.6 Å². The second-order valence-electron chi connectivity index (χ2n) is 8.15. The molecule has 28 heavy (non-hydrogen) atoms. The highest BCUT2D eigenvalue weighted by Gasteiger charge is 2.53. The van der Waals surface area contributed by atoms with Crippen molar-refractivity contribution in [3.8, 4) is 0 Å². The summed E-state index contributed by atoms with van der Waals surface area (Å²) in [6.07, 6.45) is 2.92. The lowest BCUT2D eigenvalue weighted by molar-refractivity contribution is -0.134.